The Hall–Kier alpha value is 0.0300. The molecule has 0 unspecified atom stereocenters. The second-order valence-electron chi connectivity index (χ2n) is 5.04. The van der Waals surface area contributed by atoms with Gasteiger partial charge in [0.25, 0.3) is 0 Å². The third-order valence-electron chi connectivity index (χ3n) is 3.31. The van der Waals surface area contributed by atoms with Gasteiger partial charge in [0.15, 0.2) is 0 Å². The van der Waals surface area contributed by atoms with Gasteiger partial charge >= 0.3 is 0 Å². The molecule has 0 aliphatic heterocycles. The monoisotopic (exact) mass is 258 g/mol. The van der Waals surface area contributed by atoms with Crippen molar-refractivity contribution in [1.82, 2.24) is 0 Å². The highest BCUT2D eigenvalue weighted by molar-refractivity contribution is 6.25. The van der Waals surface area contributed by atoms with Crippen molar-refractivity contribution >= 4 is 11.6 Å². The Bertz CT molecular complexity index is 152. The first-order chi connectivity index (χ1) is 8.41. The van der Waals surface area contributed by atoms with Gasteiger partial charge in [0.1, 0.15) is 0 Å². The average molecular weight is 259 g/mol. The summed E-state index contributed by atoms with van der Waals surface area (Å²) in [5.74, 6) is 0. The minimum Gasteiger partial charge on any atom is -0.0933 e. The Morgan fingerprint density at radius 1 is 0.647 bits per heavy atom. The van der Waals surface area contributed by atoms with Gasteiger partial charge in [-0.2, -0.15) is 0 Å². The first-order valence-electron chi connectivity index (χ1n) is 7.67. The maximum Gasteiger partial charge on any atom is 0.000245 e. The number of hydrogen-bond acceptors (Lipinski definition) is 0. The highest BCUT2D eigenvalue weighted by Crippen LogP contribution is 2.12. The van der Waals surface area contributed by atoms with E-state index in [2.05, 4.69) is 13.0 Å². The Morgan fingerprint density at radius 2 is 1.06 bits per heavy atom. The molecular formula is C16H31Cl. The van der Waals surface area contributed by atoms with Gasteiger partial charge in [-0.3, -0.25) is 0 Å². The van der Waals surface area contributed by atoms with Crippen LogP contribution < -0.4 is 0 Å². The lowest BCUT2D eigenvalue weighted by Crippen LogP contribution is -1.82. The van der Waals surface area contributed by atoms with Crippen molar-refractivity contribution in [2.45, 2.75) is 90.4 Å². The summed E-state index contributed by atoms with van der Waals surface area (Å²) in [7, 11) is 0. The van der Waals surface area contributed by atoms with Crippen molar-refractivity contribution in [2.75, 3.05) is 0 Å². The number of halogens is 1. The fourth-order valence-corrected chi connectivity index (χ4v) is 2.29. The molecule has 0 rings (SSSR count). The molecule has 0 aromatic heterocycles. The van der Waals surface area contributed by atoms with Crippen molar-refractivity contribution in [1.29, 1.82) is 0 Å². The van der Waals surface area contributed by atoms with Crippen molar-refractivity contribution in [3.05, 3.63) is 11.6 Å². The summed E-state index contributed by atoms with van der Waals surface area (Å²) in [6.45, 7) is 2.28. The largest absolute Gasteiger partial charge is 0.0933 e. The lowest BCUT2D eigenvalue weighted by molar-refractivity contribution is 0.545. The molecule has 0 aromatic rings. The summed E-state index contributed by atoms with van der Waals surface area (Å²) < 4.78 is 0. The van der Waals surface area contributed by atoms with E-state index in [0.29, 0.717) is 0 Å². The van der Waals surface area contributed by atoms with E-state index in [-0.39, 0.29) is 0 Å². The molecule has 0 fully saturated rings. The maximum absolute atomic E-state index is 5.46. The van der Waals surface area contributed by atoms with Gasteiger partial charge in [0.05, 0.1) is 0 Å². The van der Waals surface area contributed by atoms with E-state index < -0.39 is 0 Å². The molecule has 0 saturated heterocycles. The molecule has 0 nitrogen and oxygen atoms in total. The van der Waals surface area contributed by atoms with Crippen LogP contribution in [0.1, 0.15) is 90.4 Å². The predicted molar refractivity (Wildman–Crippen MR) is 80.7 cm³/mol. The summed E-state index contributed by atoms with van der Waals surface area (Å²) >= 11 is 5.46. The number of unbranched alkanes of at least 4 members (excludes halogenated alkanes) is 12. The summed E-state index contributed by atoms with van der Waals surface area (Å²) in [6, 6.07) is 0. The van der Waals surface area contributed by atoms with E-state index in [9.17, 15) is 0 Å². The summed E-state index contributed by atoms with van der Waals surface area (Å²) in [4.78, 5) is 0. The van der Waals surface area contributed by atoms with Crippen LogP contribution in [0.15, 0.2) is 11.6 Å². The fourth-order valence-electron chi connectivity index (χ4n) is 2.17. The van der Waals surface area contributed by atoms with Crippen LogP contribution in [0.25, 0.3) is 0 Å². The van der Waals surface area contributed by atoms with Crippen LogP contribution in [-0.2, 0) is 0 Å². The first-order valence-corrected chi connectivity index (χ1v) is 8.10. The van der Waals surface area contributed by atoms with Crippen LogP contribution in [0.3, 0.4) is 0 Å². The molecular weight excluding hydrogens is 228 g/mol. The molecule has 0 N–H and O–H groups in total. The van der Waals surface area contributed by atoms with Crippen molar-refractivity contribution < 1.29 is 0 Å². The highest BCUT2D eigenvalue weighted by atomic mass is 35.5. The van der Waals surface area contributed by atoms with Gasteiger partial charge in [-0.15, -0.1) is 0 Å². The van der Waals surface area contributed by atoms with Crippen LogP contribution in [0, 0.1) is 0 Å². The summed E-state index contributed by atoms with van der Waals surface area (Å²) in [6.07, 6.45) is 20.2. The lowest BCUT2D eigenvalue weighted by Gasteiger charge is -2.02. The molecule has 0 bridgehead atoms. The maximum atomic E-state index is 5.46. The molecule has 0 aliphatic carbocycles. The number of hydrogen-bond donors (Lipinski definition) is 0. The summed E-state index contributed by atoms with van der Waals surface area (Å²) in [5.41, 5.74) is 1.64. The molecule has 0 atom stereocenters. The van der Waals surface area contributed by atoms with E-state index in [1.54, 1.807) is 5.54 Å². The molecule has 0 amide bonds. The molecule has 0 aliphatic rings. The van der Waals surface area contributed by atoms with Gasteiger partial charge in [0, 0.05) is 5.54 Å². The van der Waals surface area contributed by atoms with Gasteiger partial charge < -0.3 is 0 Å². The van der Waals surface area contributed by atoms with Crippen LogP contribution >= 0.6 is 11.6 Å². The van der Waals surface area contributed by atoms with Gasteiger partial charge in [-0.05, 0) is 12.8 Å². The van der Waals surface area contributed by atoms with E-state index in [1.807, 2.05) is 0 Å². The van der Waals surface area contributed by atoms with Crippen LogP contribution in [-0.4, -0.2) is 0 Å². The van der Waals surface area contributed by atoms with Gasteiger partial charge in [-0.1, -0.05) is 95.2 Å². The Kier molecular flexibility index (Phi) is 16.1. The van der Waals surface area contributed by atoms with E-state index in [0.717, 1.165) is 6.42 Å². The van der Waals surface area contributed by atoms with E-state index >= 15 is 0 Å². The second-order valence-corrected chi connectivity index (χ2v) is 5.29. The number of rotatable bonds is 13. The average Bonchev–Trinajstić information content (AvgIpc) is 2.35. The second kappa shape index (κ2) is 16.0. The standard InChI is InChI=1S/C16H31Cl/c1-2-3-4-5-6-7-8-9-10-11-12-13-14-15-16-17/h15-16H,2-14H2,1H3/b16-15-. The molecule has 1 heteroatoms. The van der Waals surface area contributed by atoms with Crippen molar-refractivity contribution in [3.63, 3.8) is 0 Å². The molecule has 102 valence electrons. The Morgan fingerprint density at radius 3 is 1.47 bits per heavy atom. The zero-order chi connectivity index (χ0) is 12.6. The quantitative estimate of drug-likeness (QED) is 0.318. The predicted octanol–water partition coefficient (Wildman–Crippen LogP) is 6.83. The van der Waals surface area contributed by atoms with E-state index in [4.69, 9.17) is 11.6 Å². The van der Waals surface area contributed by atoms with Crippen molar-refractivity contribution in [3.8, 4) is 0 Å². The zero-order valence-electron chi connectivity index (χ0n) is 11.7. The SMILES string of the molecule is CCCCCCCCCCCCCC/C=C\Cl. The Balaban J connectivity index is 2.89. The van der Waals surface area contributed by atoms with Crippen molar-refractivity contribution in [2.24, 2.45) is 0 Å². The van der Waals surface area contributed by atoms with Crippen LogP contribution in [0.4, 0.5) is 0 Å². The van der Waals surface area contributed by atoms with E-state index in [1.165, 1.54) is 77.0 Å². The zero-order valence-corrected chi connectivity index (χ0v) is 12.5. The molecule has 0 saturated carbocycles. The molecule has 0 heterocycles. The normalized spacial score (nSPS) is 11.4. The molecule has 17 heavy (non-hydrogen) atoms. The topological polar surface area (TPSA) is 0 Å². The minimum absolute atomic E-state index is 1.15. The number of allylic oxidation sites excluding steroid dienone is 1. The van der Waals surface area contributed by atoms with Crippen LogP contribution in [0.5, 0.6) is 0 Å². The smallest absolute Gasteiger partial charge is 0.000245 e. The third-order valence-corrected chi connectivity index (χ3v) is 3.49. The highest BCUT2D eigenvalue weighted by Gasteiger charge is 1.92. The molecule has 0 aromatic carbocycles. The third kappa shape index (κ3) is 16.0. The first kappa shape index (κ1) is 17.0. The molecule has 0 radical (unpaired) electrons. The molecule has 0 spiro atoms. The van der Waals surface area contributed by atoms with Gasteiger partial charge in [0.2, 0.25) is 0 Å². The fraction of sp³-hybridized carbons (Fsp3) is 0.875. The lowest BCUT2D eigenvalue weighted by atomic mass is 10.0. The Labute approximate surface area is 114 Å². The summed E-state index contributed by atoms with van der Waals surface area (Å²) in [5, 5.41) is 0. The van der Waals surface area contributed by atoms with Crippen LogP contribution in [0.2, 0.25) is 0 Å². The van der Waals surface area contributed by atoms with Gasteiger partial charge in [-0.25, -0.2) is 0 Å². The minimum atomic E-state index is 1.15.